The molecule has 2 nitrogen and oxygen atoms in total. The van der Waals surface area contributed by atoms with Crippen molar-refractivity contribution in [2.45, 2.75) is 19.1 Å². The lowest BCUT2D eigenvalue weighted by molar-refractivity contribution is -0.0432. The molecule has 2 heterocycles. The van der Waals surface area contributed by atoms with E-state index < -0.39 is 5.79 Å². The monoisotopic (exact) mass is 276 g/mol. The lowest BCUT2D eigenvalue weighted by Crippen LogP contribution is -2.45. The van der Waals surface area contributed by atoms with E-state index in [1.165, 1.54) is 0 Å². The van der Waals surface area contributed by atoms with Crippen molar-refractivity contribution in [3.63, 3.8) is 0 Å². The lowest BCUT2D eigenvalue weighted by atomic mass is 9.94. The van der Waals surface area contributed by atoms with Gasteiger partial charge in [0.2, 0.25) is 0 Å². The summed E-state index contributed by atoms with van der Waals surface area (Å²) in [7, 11) is 0. The first kappa shape index (κ1) is 12.3. The van der Waals surface area contributed by atoms with Gasteiger partial charge in [0, 0.05) is 22.8 Å². The summed E-state index contributed by atoms with van der Waals surface area (Å²) in [6.07, 6.45) is 7.15. The van der Waals surface area contributed by atoms with Gasteiger partial charge in [-0.2, -0.15) is 0 Å². The van der Waals surface area contributed by atoms with Crippen LogP contribution in [0.3, 0.4) is 0 Å². The van der Waals surface area contributed by atoms with Crippen LogP contribution in [0.1, 0.15) is 24.5 Å². The molecule has 0 N–H and O–H groups in total. The average Bonchev–Trinajstić information content (AvgIpc) is 2.54. The molecule has 2 aliphatic heterocycles. The number of benzene rings is 2. The predicted octanol–water partition coefficient (Wildman–Crippen LogP) is 4.67. The third-order valence-electron chi connectivity index (χ3n) is 4.00. The molecule has 0 radical (unpaired) electrons. The van der Waals surface area contributed by atoms with E-state index in [9.17, 15) is 0 Å². The summed E-state index contributed by atoms with van der Waals surface area (Å²) in [6, 6.07) is 16.1. The van der Waals surface area contributed by atoms with Gasteiger partial charge in [-0.15, -0.1) is 0 Å². The van der Waals surface area contributed by atoms with Gasteiger partial charge in [0.05, 0.1) is 0 Å². The Morgan fingerprint density at radius 1 is 0.857 bits per heavy atom. The van der Waals surface area contributed by atoms with Gasteiger partial charge in [0.15, 0.2) is 0 Å². The highest BCUT2D eigenvalue weighted by atomic mass is 16.7. The van der Waals surface area contributed by atoms with Crippen LogP contribution in [0.15, 0.2) is 60.2 Å². The Morgan fingerprint density at radius 2 is 1.48 bits per heavy atom. The van der Waals surface area contributed by atoms with Crippen LogP contribution in [0.2, 0.25) is 0 Å². The quantitative estimate of drug-likeness (QED) is 0.753. The lowest BCUT2D eigenvalue weighted by Gasteiger charge is -2.39. The Balaban J connectivity index is 1.83. The Morgan fingerprint density at radius 3 is 2.19 bits per heavy atom. The topological polar surface area (TPSA) is 18.5 Å². The van der Waals surface area contributed by atoms with Crippen LogP contribution in [0.25, 0.3) is 12.2 Å². The van der Waals surface area contributed by atoms with Crippen molar-refractivity contribution in [1.29, 1.82) is 0 Å². The maximum absolute atomic E-state index is 6.24. The Labute approximate surface area is 124 Å². The van der Waals surface area contributed by atoms with Gasteiger partial charge in [0.25, 0.3) is 5.79 Å². The van der Waals surface area contributed by atoms with Crippen molar-refractivity contribution in [1.82, 2.24) is 0 Å². The van der Waals surface area contributed by atoms with Gasteiger partial charge in [0.1, 0.15) is 11.5 Å². The van der Waals surface area contributed by atoms with Gasteiger partial charge in [-0.3, -0.25) is 0 Å². The molecule has 2 aromatic rings. The number of para-hydroxylation sites is 2. The molecule has 2 aromatic carbocycles. The van der Waals surface area contributed by atoms with Crippen molar-refractivity contribution in [3.05, 3.63) is 71.3 Å². The molecule has 2 heteroatoms. The Hall–Kier alpha value is -2.48. The summed E-state index contributed by atoms with van der Waals surface area (Å²) in [5, 5.41) is 0. The molecule has 1 atom stereocenters. The van der Waals surface area contributed by atoms with Crippen LogP contribution in [-0.2, 0) is 0 Å². The van der Waals surface area contributed by atoms with Gasteiger partial charge in [-0.25, -0.2) is 0 Å². The van der Waals surface area contributed by atoms with Crippen LogP contribution in [0.4, 0.5) is 0 Å². The molecular formula is C19H16O2. The highest BCUT2D eigenvalue weighted by Gasteiger charge is 2.41. The molecule has 104 valence electrons. The summed E-state index contributed by atoms with van der Waals surface area (Å²) in [4.78, 5) is 0. The molecular weight excluding hydrogens is 260 g/mol. The summed E-state index contributed by atoms with van der Waals surface area (Å²) >= 11 is 0. The Kier molecular flexibility index (Phi) is 2.64. The summed E-state index contributed by atoms with van der Waals surface area (Å²) in [5.41, 5.74) is 3.32. The second-order valence-electron chi connectivity index (χ2n) is 5.30. The number of hydrogen-bond donors (Lipinski definition) is 0. The molecule has 0 bridgehead atoms. The molecule has 0 aliphatic carbocycles. The third kappa shape index (κ3) is 1.87. The van der Waals surface area contributed by atoms with E-state index in [0.717, 1.165) is 34.6 Å². The van der Waals surface area contributed by atoms with Crippen molar-refractivity contribution >= 4 is 12.2 Å². The normalized spacial score (nSPS) is 21.9. The number of rotatable bonds is 1. The van der Waals surface area contributed by atoms with E-state index in [1.54, 1.807) is 0 Å². The van der Waals surface area contributed by atoms with E-state index in [2.05, 4.69) is 25.1 Å². The van der Waals surface area contributed by atoms with E-state index in [4.69, 9.17) is 9.47 Å². The fraction of sp³-hybridized carbons (Fsp3) is 0.158. The van der Waals surface area contributed by atoms with Gasteiger partial charge in [-0.05, 0) is 30.7 Å². The molecule has 0 aromatic heterocycles. The van der Waals surface area contributed by atoms with Gasteiger partial charge >= 0.3 is 0 Å². The number of fused-ring (bicyclic) bond motifs is 2. The van der Waals surface area contributed by atoms with E-state index in [0.29, 0.717) is 0 Å². The number of ether oxygens (including phenoxy) is 2. The first-order valence-corrected chi connectivity index (χ1v) is 7.27. The molecule has 0 saturated carbocycles. The standard InChI is InChI=1S/C19H16O2/c1-2-16-13-15-8-4-6-10-18(15)21-19(16)12-11-14-7-3-5-9-17(14)20-19/h3-13H,2H2,1H3. The van der Waals surface area contributed by atoms with Crippen molar-refractivity contribution in [2.75, 3.05) is 0 Å². The SMILES string of the molecule is CCC1=Cc2ccccc2OC12C=Cc1ccccc1O2. The minimum absolute atomic E-state index is 0.808. The largest absolute Gasteiger partial charge is 0.444 e. The first-order chi connectivity index (χ1) is 10.3. The van der Waals surface area contributed by atoms with Crippen LogP contribution >= 0.6 is 0 Å². The van der Waals surface area contributed by atoms with E-state index >= 15 is 0 Å². The predicted molar refractivity (Wildman–Crippen MR) is 84.2 cm³/mol. The molecule has 0 saturated heterocycles. The van der Waals surface area contributed by atoms with E-state index in [-0.39, 0.29) is 0 Å². The molecule has 21 heavy (non-hydrogen) atoms. The molecule has 1 spiro atoms. The zero-order valence-electron chi connectivity index (χ0n) is 11.9. The Bertz CT molecular complexity index is 754. The summed E-state index contributed by atoms with van der Waals surface area (Å²) in [6.45, 7) is 2.13. The van der Waals surface area contributed by atoms with Gasteiger partial charge in [-0.1, -0.05) is 43.3 Å². The van der Waals surface area contributed by atoms with Crippen LogP contribution in [-0.4, -0.2) is 5.79 Å². The van der Waals surface area contributed by atoms with Crippen molar-refractivity contribution in [3.8, 4) is 11.5 Å². The van der Waals surface area contributed by atoms with Crippen LogP contribution in [0.5, 0.6) is 11.5 Å². The number of hydrogen-bond acceptors (Lipinski definition) is 2. The second-order valence-corrected chi connectivity index (χ2v) is 5.30. The van der Waals surface area contributed by atoms with E-state index in [1.807, 2.05) is 48.5 Å². The van der Waals surface area contributed by atoms with Crippen molar-refractivity contribution in [2.24, 2.45) is 0 Å². The second kappa shape index (κ2) is 4.52. The average molecular weight is 276 g/mol. The molecule has 0 amide bonds. The highest BCUT2D eigenvalue weighted by molar-refractivity contribution is 5.69. The molecule has 4 rings (SSSR count). The fourth-order valence-electron chi connectivity index (χ4n) is 2.89. The highest BCUT2D eigenvalue weighted by Crippen LogP contribution is 2.42. The summed E-state index contributed by atoms with van der Waals surface area (Å²) < 4.78 is 12.5. The maximum Gasteiger partial charge on any atom is 0.294 e. The molecule has 2 aliphatic rings. The third-order valence-corrected chi connectivity index (χ3v) is 4.00. The van der Waals surface area contributed by atoms with Crippen LogP contribution < -0.4 is 9.47 Å². The first-order valence-electron chi connectivity index (χ1n) is 7.27. The zero-order valence-corrected chi connectivity index (χ0v) is 11.9. The van der Waals surface area contributed by atoms with Crippen LogP contribution in [0, 0.1) is 0 Å². The fourth-order valence-corrected chi connectivity index (χ4v) is 2.89. The maximum atomic E-state index is 6.24. The minimum atomic E-state index is -0.808. The molecule has 0 fully saturated rings. The minimum Gasteiger partial charge on any atom is -0.444 e. The van der Waals surface area contributed by atoms with Crippen molar-refractivity contribution < 1.29 is 9.47 Å². The smallest absolute Gasteiger partial charge is 0.294 e. The van der Waals surface area contributed by atoms with Gasteiger partial charge < -0.3 is 9.47 Å². The molecule has 1 unspecified atom stereocenters. The zero-order chi connectivity index (χ0) is 14.3. The summed E-state index contributed by atoms with van der Waals surface area (Å²) in [5.74, 6) is 0.912.